The van der Waals surface area contributed by atoms with Crippen LogP contribution in [-0.2, 0) is 16.4 Å². The van der Waals surface area contributed by atoms with E-state index in [4.69, 9.17) is 4.74 Å². The summed E-state index contributed by atoms with van der Waals surface area (Å²) in [4.78, 5) is 0. The van der Waals surface area contributed by atoms with Gasteiger partial charge in [0.2, 0.25) is 0 Å². The maximum absolute atomic E-state index is 5.27. The minimum absolute atomic E-state index is 0.737. The molecule has 1 atom stereocenters. The van der Waals surface area contributed by atoms with Crippen LogP contribution in [0.1, 0.15) is 19.8 Å². The molecule has 1 heterocycles. The summed E-state index contributed by atoms with van der Waals surface area (Å²) in [5, 5.41) is 0.737. The van der Waals surface area contributed by atoms with Gasteiger partial charge in [-0.05, 0) is 25.7 Å². The second-order valence-corrected chi connectivity index (χ2v) is 4.46. The average Bonchev–Trinajstić information content (AvgIpc) is 2.05. The summed E-state index contributed by atoms with van der Waals surface area (Å²) in [5.41, 5.74) is 0. The molecule has 1 aliphatic heterocycles. The molecule has 0 saturated carbocycles. The monoisotopic (exact) mass is 179 g/mol. The van der Waals surface area contributed by atoms with Crippen LogP contribution in [0.25, 0.3) is 0 Å². The van der Waals surface area contributed by atoms with Crippen molar-refractivity contribution in [3.63, 3.8) is 0 Å². The summed E-state index contributed by atoms with van der Waals surface area (Å²) in [6, 6.07) is 0. The Morgan fingerprint density at radius 3 is 2.60 bits per heavy atom. The normalized spacial score (nSPS) is 24.6. The average molecular weight is 179 g/mol. The van der Waals surface area contributed by atoms with Crippen molar-refractivity contribution in [1.82, 2.24) is 0 Å². The Morgan fingerprint density at radius 2 is 2.10 bits per heavy atom. The van der Waals surface area contributed by atoms with Gasteiger partial charge in [0.05, 0.1) is 16.0 Å². The Kier molecular flexibility index (Phi) is 3.96. The van der Waals surface area contributed by atoms with E-state index in [-0.39, 0.29) is 0 Å². The van der Waals surface area contributed by atoms with Crippen LogP contribution >= 0.6 is 10.8 Å². The molecule has 0 aromatic carbocycles. The van der Waals surface area contributed by atoms with Gasteiger partial charge in [0.1, 0.15) is 0 Å². The van der Waals surface area contributed by atoms with E-state index in [9.17, 15) is 0 Å². The van der Waals surface area contributed by atoms with Crippen molar-refractivity contribution in [2.75, 3.05) is 13.2 Å². The van der Waals surface area contributed by atoms with Crippen molar-refractivity contribution in [3.05, 3.63) is 0 Å². The molecular weight excluding hydrogens is 164 g/mol. The summed E-state index contributed by atoms with van der Waals surface area (Å²) in [5.74, 6) is 0.858. The van der Waals surface area contributed by atoms with Gasteiger partial charge in [0, 0.05) is 24.9 Å². The highest BCUT2D eigenvalue weighted by atomic mass is 33.1. The topological polar surface area (TPSA) is 9.23 Å². The molecule has 10 heavy (non-hydrogen) atoms. The summed E-state index contributed by atoms with van der Waals surface area (Å²) in [6.45, 7) is 4.19. The molecule has 0 aromatic heterocycles. The Labute approximate surface area is 71.7 Å². The zero-order valence-corrected chi connectivity index (χ0v) is 8.12. The molecule has 1 nitrogen and oxygen atoms in total. The summed E-state index contributed by atoms with van der Waals surface area (Å²) in [7, 11) is 1.78. The molecule has 0 radical (unpaired) electrons. The second-order valence-electron chi connectivity index (χ2n) is 2.77. The Hall–Kier alpha value is 0.660. The molecule has 1 fully saturated rings. The zero-order valence-electron chi connectivity index (χ0n) is 6.30. The highest BCUT2D eigenvalue weighted by Crippen LogP contribution is 2.26. The molecule has 3 heteroatoms. The third-order valence-electron chi connectivity index (χ3n) is 2.12. The van der Waals surface area contributed by atoms with Gasteiger partial charge in [-0.15, -0.1) is 0 Å². The fraction of sp³-hybridized carbons (Fsp3) is 1.00. The van der Waals surface area contributed by atoms with Crippen LogP contribution < -0.4 is 0 Å². The van der Waals surface area contributed by atoms with Crippen LogP contribution in [0.2, 0.25) is 0 Å². The van der Waals surface area contributed by atoms with E-state index < -0.39 is 0 Å². The Morgan fingerprint density at radius 1 is 1.50 bits per heavy atom. The molecule has 0 aromatic rings. The second kappa shape index (κ2) is 4.52. The van der Waals surface area contributed by atoms with Crippen LogP contribution in [0.5, 0.6) is 0 Å². The smallest absolute Gasteiger partial charge is 0.0897 e. The Bertz CT molecular complexity index is 91.6. The Balaban J connectivity index is 2.24. The van der Waals surface area contributed by atoms with Gasteiger partial charge in [-0.3, -0.25) is 0 Å². The fourth-order valence-electron chi connectivity index (χ4n) is 1.28. The summed E-state index contributed by atoms with van der Waals surface area (Å²) in [6.07, 6.45) is 2.47. The number of hydrogen-bond donors (Lipinski definition) is 0. The van der Waals surface area contributed by atoms with Crippen LogP contribution in [-0.4, -0.2) is 18.5 Å². The molecule has 1 rings (SSSR count). The molecular formula is C7H15OS2+. The molecule has 60 valence electrons. The van der Waals surface area contributed by atoms with Gasteiger partial charge in [0.15, 0.2) is 0 Å². The lowest BCUT2D eigenvalue weighted by atomic mass is 9.97. The molecule has 0 aliphatic carbocycles. The lowest BCUT2D eigenvalue weighted by Gasteiger charge is -2.24. The van der Waals surface area contributed by atoms with Crippen molar-refractivity contribution in [2.45, 2.75) is 25.0 Å². The first-order valence-electron chi connectivity index (χ1n) is 3.74. The lowest BCUT2D eigenvalue weighted by Crippen LogP contribution is -2.22. The van der Waals surface area contributed by atoms with E-state index in [1.165, 1.54) is 12.8 Å². The van der Waals surface area contributed by atoms with E-state index in [2.05, 4.69) is 18.6 Å². The lowest BCUT2D eigenvalue weighted by molar-refractivity contribution is 0.0670. The molecule has 0 spiro atoms. The molecule has 1 unspecified atom stereocenters. The number of rotatable bonds is 2. The largest absolute Gasteiger partial charge is 0.381 e. The molecule has 0 amide bonds. The van der Waals surface area contributed by atoms with Crippen LogP contribution in [0, 0.1) is 5.92 Å². The van der Waals surface area contributed by atoms with E-state index >= 15 is 0 Å². The van der Waals surface area contributed by atoms with E-state index in [1.54, 1.807) is 10.8 Å². The molecule has 1 aliphatic rings. The molecule has 0 N–H and O–H groups in total. The highest BCUT2D eigenvalue weighted by Gasteiger charge is 2.21. The number of hydrogen-bond acceptors (Lipinski definition) is 2. The zero-order chi connectivity index (χ0) is 7.40. The first kappa shape index (κ1) is 8.75. The number of ether oxygens (including phenoxy) is 1. The van der Waals surface area contributed by atoms with Gasteiger partial charge < -0.3 is 4.74 Å². The van der Waals surface area contributed by atoms with E-state index in [0.29, 0.717) is 0 Å². The van der Waals surface area contributed by atoms with E-state index in [1.807, 2.05) is 0 Å². The third-order valence-corrected chi connectivity index (χ3v) is 3.99. The van der Waals surface area contributed by atoms with Gasteiger partial charge in [-0.2, -0.15) is 0 Å². The van der Waals surface area contributed by atoms with Gasteiger partial charge in [0.25, 0.3) is 0 Å². The summed E-state index contributed by atoms with van der Waals surface area (Å²) < 4.78 is 5.27. The van der Waals surface area contributed by atoms with Gasteiger partial charge in [-0.1, -0.05) is 0 Å². The van der Waals surface area contributed by atoms with Crippen molar-refractivity contribution < 1.29 is 4.74 Å². The van der Waals surface area contributed by atoms with Crippen LogP contribution in [0.15, 0.2) is 0 Å². The van der Waals surface area contributed by atoms with Crippen molar-refractivity contribution in [1.29, 1.82) is 0 Å². The highest BCUT2D eigenvalue weighted by molar-refractivity contribution is 8.59. The van der Waals surface area contributed by atoms with Gasteiger partial charge in [-0.25, -0.2) is 0 Å². The van der Waals surface area contributed by atoms with Gasteiger partial charge >= 0.3 is 0 Å². The first-order chi connectivity index (χ1) is 4.84. The van der Waals surface area contributed by atoms with Crippen LogP contribution in [0.4, 0.5) is 0 Å². The van der Waals surface area contributed by atoms with Crippen molar-refractivity contribution >= 4 is 22.5 Å². The summed E-state index contributed by atoms with van der Waals surface area (Å²) >= 11 is 3.47. The first-order valence-corrected chi connectivity index (χ1v) is 5.85. The predicted octanol–water partition coefficient (Wildman–Crippen LogP) is 1.46. The minimum Gasteiger partial charge on any atom is -0.381 e. The van der Waals surface area contributed by atoms with E-state index in [0.717, 1.165) is 24.4 Å². The quantitative estimate of drug-likeness (QED) is 0.469. The molecule has 1 saturated heterocycles. The maximum atomic E-state index is 5.27. The maximum Gasteiger partial charge on any atom is 0.0897 e. The fourth-order valence-corrected chi connectivity index (χ4v) is 2.32. The SMILES string of the molecule is CC(S[SH2+])C1CCOCC1. The van der Waals surface area contributed by atoms with Crippen molar-refractivity contribution in [2.24, 2.45) is 5.92 Å². The molecule has 0 bridgehead atoms. The minimum atomic E-state index is 0.737. The third kappa shape index (κ3) is 2.36. The predicted molar refractivity (Wildman–Crippen MR) is 50.8 cm³/mol. The van der Waals surface area contributed by atoms with Crippen molar-refractivity contribution in [3.8, 4) is 0 Å². The standard InChI is InChI=1S/C7H14OS2/c1-6(10-9)7-2-4-8-5-3-7/h6-7,9H,2-5H2,1H3/p+1. The van der Waals surface area contributed by atoms with Crippen LogP contribution in [0.3, 0.4) is 0 Å².